The number of allylic oxidation sites excluding steroid dienone is 1. The summed E-state index contributed by atoms with van der Waals surface area (Å²) in [6, 6.07) is 19.5. The number of hydrogen-bond donors (Lipinski definition) is 0. The number of benzene rings is 3. The summed E-state index contributed by atoms with van der Waals surface area (Å²) in [5, 5.41) is 0. The van der Waals surface area contributed by atoms with Crippen molar-refractivity contribution in [3.05, 3.63) is 106 Å². The second-order valence-electron chi connectivity index (χ2n) is 8.40. The highest BCUT2D eigenvalue weighted by Crippen LogP contribution is 2.24. The van der Waals surface area contributed by atoms with Crippen molar-refractivity contribution in [2.45, 2.75) is 31.8 Å². The quantitative estimate of drug-likeness (QED) is 0.329. The average molecular weight is 506 g/mol. The lowest BCUT2D eigenvalue weighted by Gasteiger charge is -2.17. The van der Waals surface area contributed by atoms with Crippen LogP contribution in [0.15, 0.2) is 89.3 Å². The largest absolute Gasteiger partial charge is 0.312 e. The third-order valence-corrected chi connectivity index (χ3v) is 8.73. The number of carbonyl (C=O) groups is 1. The van der Waals surface area contributed by atoms with Crippen LogP contribution >= 0.6 is 11.3 Å². The Morgan fingerprint density at radius 1 is 1.09 bits per heavy atom. The fourth-order valence-electron chi connectivity index (χ4n) is 3.93. The number of aryl methyl sites for hydroxylation is 2. The highest BCUT2D eigenvalue weighted by Gasteiger charge is 2.21. The van der Waals surface area contributed by atoms with Crippen molar-refractivity contribution in [1.82, 2.24) is 8.87 Å². The summed E-state index contributed by atoms with van der Waals surface area (Å²) in [6.07, 6.45) is 1.78. The minimum Gasteiger partial charge on any atom is -0.312 e. The summed E-state index contributed by atoms with van der Waals surface area (Å²) in [4.78, 5) is 18.1. The van der Waals surface area contributed by atoms with Crippen LogP contribution in [-0.2, 0) is 23.1 Å². The topological polar surface area (TPSA) is 71.7 Å². The summed E-state index contributed by atoms with van der Waals surface area (Å²) in [5.41, 5.74) is 4.50. The molecule has 6 nitrogen and oxygen atoms in total. The summed E-state index contributed by atoms with van der Waals surface area (Å²) in [6.45, 7) is 8.70. The number of nitrogens with zero attached hydrogens (tertiary/aromatic N) is 3. The first-order valence-electron chi connectivity index (χ1n) is 11.1. The molecule has 35 heavy (non-hydrogen) atoms. The number of rotatable bonds is 7. The molecule has 0 radical (unpaired) electrons. The van der Waals surface area contributed by atoms with E-state index in [0.29, 0.717) is 16.9 Å². The SMILES string of the molecule is C=CCn1c(=NC(=O)c2ccc(S(=O)(=O)N(C)Cc3ccccc3)cc2)sc2c(C)cc(C)cc21. The minimum atomic E-state index is -3.70. The summed E-state index contributed by atoms with van der Waals surface area (Å²) < 4.78 is 30.3. The van der Waals surface area contributed by atoms with Gasteiger partial charge in [0.15, 0.2) is 4.80 Å². The predicted octanol–water partition coefficient (Wildman–Crippen LogP) is 5.07. The van der Waals surface area contributed by atoms with Crippen molar-refractivity contribution in [3.63, 3.8) is 0 Å². The second-order valence-corrected chi connectivity index (χ2v) is 11.4. The molecule has 0 saturated heterocycles. The minimum absolute atomic E-state index is 0.127. The molecule has 1 amide bonds. The lowest BCUT2D eigenvalue weighted by molar-refractivity contribution is 0.0998. The normalized spacial score (nSPS) is 12.4. The molecule has 4 rings (SSSR count). The highest BCUT2D eigenvalue weighted by molar-refractivity contribution is 7.89. The second kappa shape index (κ2) is 10.1. The maximum atomic E-state index is 13.0. The van der Waals surface area contributed by atoms with Crippen LogP contribution < -0.4 is 4.80 Å². The van der Waals surface area contributed by atoms with Gasteiger partial charge in [0, 0.05) is 25.7 Å². The zero-order valence-electron chi connectivity index (χ0n) is 19.9. The molecule has 8 heteroatoms. The fourth-order valence-corrected chi connectivity index (χ4v) is 6.18. The van der Waals surface area contributed by atoms with Crippen molar-refractivity contribution in [1.29, 1.82) is 0 Å². The first-order chi connectivity index (χ1) is 16.7. The van der Waals surface area contributed by atoms with Gasteiger partial charge in [0.25, 0.3) is 5.91 Å². The van der Waals surface area contributed by atoms with Crippen LogP contribution in [0.25, 0.3) is 10.2 Å². The average Bonchev–Trinajstić information content (AvgIpc) is 3.17. The van der Waals surface area contributed by atoms with Crippen LogP contribution in [0.1, 0.15) is 27.0 Å². The van der Waals surface area contributed by atoms with Gasteiger partial charge in [0.1, 0.15) is 0 Å². The van der Waals surface area contributed by atoms with Gasteiger partial charge in [0.2, 0.25) is 10.0 Å². The van der Waals surface area contributed by atoms with E-state index >= 15 is 0 Å². The molecule has 0 atom stereocenters. The van der Waals surface area contributed by atoms with E-state index in [1.807, 2.05) is 48.7 Å². The predicted molar refractivity (Wildman–Crippen MR) is 141 cm³/mol. The molecular formula is C27H27N3O3S2. The zero-order valence-corrected chi connectivity index (χ0v) is 21.6. The maximum absolute atomic E-state index is 13.0. The Hall–Kier alpha value is -3.33. The van der Waals surface area contributed by atoms with E-state index in [2.05, 4.69) is 23.7 Å². The summed E-state index contributed by atoms with van der Waals surface area (Å²) in [5.74, 6) is -0.426. The monoisotopic (exact) mass is 505 g/mol. The zero-order chi connectivity index (χ0) is 25.2. The Morgan fingerprint density at radius 3 is 2.43 bits per heavy atom. The number of carbonyl (C=O) groups excluding carboxylic acids is 1. The molecule has 0 aliphatic rings. The van der Waals surface area contributed by atoms with Crippen molar-refractivity contribution in [2.24, 2.45) is 4.99 Å². The van der Waals surface area contributed by atoms with Crippen LogP contribution in [0.5, 0.6) is 0 Å². The summed E-state index contributed by atoms with van der Waals surface area (Å²) >= 11 is 1.46. The van der Waals surface area contributed by atoms with Crippen molar-refractivity contribution in [2.75, 3.05) is 7.05 Å². The molecule has 0 fully saturated rings. The van der Waals surface area contributed by atoms with Gasteiger partial charge in [-0.2, -0.15) is 9.30 Å². The molecule has 0 saturated carbocycles. The molecular weight excluding hydrogens is 478 g/mol. The number of fused-ring (bicyclic) bond motifs is 1. The van der Waals surface area contributed by atoms with Gasteiger partial charge < -0.3 is 4.57 Å². The Morgan fingerprint density at radius 2 is 1.77 bits per heavy atom. The lowest BCUT2D eigenvalue weighted by atomic mass is 10.1. The number of sulfonamides is 1. The van der Waals surface area contributed by atoms with Gasteiger partial charge in [-0.3, -0.25) is 4.79 Å². The van der Waals surface area contributed by atoms with Gasteiger partial charge in [-0.1, -0.05) is 53.8 Å². The molecule has 0 spiro atoms. The molecule has 1 heterocycles. The van der Waals surface area contributed by atoms with Gasteiger partial charge in [0.05, 0.1) is 15.1 Å². The van der Waals surface area contributed by atoms with E-state index in [9.17, 15) is 13.2 Å². The first kappa shape index (κ1) is 24.8. The van der Waals surface area contributed by atoms with Crippen LogP contribution in [0.2, 0.25) is 0 Å². The lowest BCUT2D eigenvalue weighted by Crippen LogP contribution is -2.26. The van der Waals surface area contributed by atoms with Gasteiger partial charge in [-0.15, -0.1) is 6.58 Å². The van der Waals surface area contributed by atoms with Crippen LogP contribution in [0, 0.1) is 13.8 Å². The van der Waals surface area contributed by atoms with E-state index in [4.69, 9.17) is 0 Å². The number of hydrogen-bond acceptors (Lipinski definition) is 4. The third-order valence-electron chi connectivity index (χ3n) is 5.68. The van der Waals surface area contributed by atoms with Crippen molar-refractivity contribution >= 4 is 37.5 Å². The van der Waals surface area contributed by atoms with E-state index < -0.39 is 15.9 Å². The van der Waals surface area contributed by atoms with Crippen LogP contribution in [0.4, 0.5) is 0 Å². The Kier molecular flexibility index (Phi) is 7.16. The maximum Gasteiger partial charge on any atom is 0.279 e. The van der Waals surface area contributed by atoms with Crippen LogP contribution in [-0.4, -0.2) is 30.2 Å². The fraction of sp³-hybridized carbons (Fsp3) is 0.185. The molecule has 0 N–H and O–H groups in total. The standard InChI is InChI=1S/C27H27N3O3S2/c1-5-15-30-24-17-19(2)16-20(3)25(24)34-27(30)28-26(31)22-11-13-23(14-12-22)35(32,33)29(4)18-21-9-7-6-8-10-21/h5-14,16-17H,1,15,18H2,2-4H3. The van der Waals surface area contributed by atoms with Crippen LogP contribution in [0.3, 0.4) is 0 Å². The van der Waals surface area contributed by atoms with E-state index in [-0.39, 0.29) is 11.4 Å². The Bertz CT molecular complexity index is 1570. The molecule has 0 aliphatic carbocycles. The molecule has 0 bridgehead atoms. The van der Waals surface area contributed by atoms with Gasteiger partial charge >= 0.3 is 0 Å². The number of amides is 1. The molecule has 1 aromatic heterocycles. The van der Waals surface area contributed by atoms with Gasteiger partial charge in [-0.25, -0.2) is 8.42 Å². The molecule has 4 aromatic rings. The number of thiazole rings is 1. The first-order valence-corrected chi connectivity index (χ1v) is 13.4. The summed E-state index contributed by atoms with van der Waals surface area (Å²) in [7, 11) is -2.16. The smallest absolute Gasteiger partial charge is 0.279 e. The van der Waals surface area contributed by atoms with Gasteiger partial charge in [-0.05, 0) is 60.9 Å². The molecule has 0 unspecified atom stereocenters. The number of aromatic nitrogens is 1. The molecule has 3 aromatic carbocycles. The van der Waals surface area contributed by atoms with E-state index in [0.717, 1.165) is 26.9 Å². The molecule has 0 aliphatic heterocycles. The van der Waals surface area contributed by atoms with Crippen molar-refractivity contribution in [3.8, 4) is 0 Å². The Labute approximate surface area is 209 Å². The molecule has 180 valence electrons. The van der Waals surface area contributed by atoms with Crippen molar-refractivity contribution < 1.29 is 13.2 Å². The van der Waals surface area contributed by atoms with E-state index in [1.54, 1.807) is 13.1 Å². The highest BCUT2D eigenvalue weighted by atomic mass is 32.2. The Balaban J connectivity index is 1.63. The van der Waals surface area contributed by atoms with E-state index in [1.165, 1.54) is 39.9 Å². The third kappa shape index (κ3) is 5.19.